The normalized spacial score (nSPS) is 18.2. The number of anilines is 1. The maximum atomic E-state index is 14.0. The van der Waals surface area contributed by atoms with E-state index in [1.807, 2.05) is 57.2 Å². The lowest BCUT2D eigenvalue weighted by atomic mass is 9.94. The van der Waals surface area contributed by atoms with E-state index in [0.29, 0.717) is 45.2 Å². The maximum absolute atomic E-state index is 14.0. The Bertz CT molecular complexity index is 1570. The van der Waals surface area contributed by atoms with Gasteiger partial charge in [0.2, 0.25) is 0 Å². The highest BCUT2D eigenvalue weighted by Gasteiger charge is 2.35. The van der Waals surface area contributed by atoms with E-state index in [4.69, 9.17) is 14.1 Å². The third-order valence-corrected chi connectivity index (χ3v) is 8.70. The number of para-hydroxylation sites is 1. The molecule has 1 amide bonds. The van der Waals surface area contributed by atoms with Crippen LogP contribution in [0, 0.1) is 5.92 Å². The predicted octanol–water partition coefficient (Wildman–Crippen LogP) is 3.94. The second-order valence-electron chi connectivity index (χ2n) is 10.1. The molecule has 0 spiro atoms. The average Bonchev–Trinajstić information content (AvgIpc) is 3.53. The smallest absolute Gasteiger partial charge is 0.271 e. The topological polar surface area (TPSA) is 80.3 Å². The number of likely N-dealkylation sites (N-methyl/N-ethyl adjacent to an activating group) is 1. The summed E-state index contributed by atoms with van der Waals surface area (Å²) in [5, 5.41) is 0. The fourth-order valence-electron chi connectivity index (χ4n) is 5.41. The number of nitrogens with zero attached hydrogens (tertiary/aromatic N) is 4. The number of fused-ring (bicyclic) bond motifs is 1. The molecule has 9 heteroatoms. The minimum Gasteiger partial charge on any atom is -0.496 e. The highest BCUT2D eigenvalue weighted by atomic mass is 32.1. The Hall–Kier alpha value is -3.59. The van der Waals surface area contributed by atoms with Gasteiger partial charge in [0, 0.05) is 43.9 Å². The molecule has 4 heterocycles. The van der Waals surface area contributed by atoms with Crippen molar-refractivity contribution in [3.63, 3.8) is 0 Å². The molecule has 0 radical (unpaired) electrons. The second-order valence-corrected chi connectivity index (χ2v) is 11.2. The van der Waals surface area contributed by atoms with Crippen molar-refractivity contribution >= 4 is 29.2 Å². The molecule has 2 aliphatic heterocycles. The van der Waals surface area contributed by atoms with Crippen LogP contribution in [0.3, 0.4) is 0 Å². The number of allylic oxidation sites excluding steroid dienone is 1. The first-order valence-electron chi connectivity index (χ1n) is 13.7. The van der Waals surface area contributed by atoms with Crippen LogP contribution in [0.15, 0.2) is 61.9 Å². The van der Waals surface area contributed by atoms with E-state index in [1.54, 1.807) is 22.7 Å². The molecule has 1 aromatic carbocycles. The van der Waals surface area contributed by atoms with Gasteiger partial charge in [0.1, 0.15) is 17.6 Å². The zero-order valence-electron chi connectivity index (χ0n) is 23.3. The van der Waals surface area contributed by atoms with Gasteiger partial charge in [-0.05, 0) is 51.7 Å². The summed E-state index contributed by atoms with van der Waals surface area (Å²) in [6.45, 7) is 11.1. The zero-order valence-corrected chi connectivity index (χ0v) is 24.1. The first-order valence-corrected chi connectivity index (χ1v) is 14.5. The molecule has 8 nitrogen and oxygen atoms in total. The van der Waals surface area contributed by atoms with Crippen molar-refractivity contribution in [3.8, 4) is 5.75 Å². The van der Waals surface area contributed by atoms with Crippen molar-refractivity contribution in [2.45, 2.75) is 46.6 Å². The van der Waals surface area contributed by atoms with Gasteiger partial charge in [-0.25, -0.2) is 4.99 Å². The number of hydrogen-bond donors (Lipinski definition) is 0. The van der Waals surface area contributed by atoms with Crippen molar-refractivity contribution in [1.29, 1.82) is 0 Å². The van der Waals surface area contributed by atoms with Crippen molar-refractivity contribution in [2.24, 2.45) is 10.9 Å². The molecule has 1 atom stereocenters. The van der Waals surface area contributed by atoms with Crippen molar-refractivity contribution in [1.82, 2.24) is 9.47 Å². The molecule has 0 aliphatic carbocycles. The van der Waals surface area contributed by atoms with E-state index in [1.165, 1.54) is 11.3 Å². The number of hydrogen-bond acceptors (Lipinski definition) is 7. The number of rotatable bonds is 7. The number of carbonyl (C=O) groups is 1. The molecule has 5 rings (SSSR count). The summed E-state index contributed by atoms with van der Waals surface area (Å²) >= 11 is 1.31. The van der Waals surface area contributed by atoms with E-state index >= 15 is 0 Å². The van der Waals surface area contributed by atoms with Gasteiger partial charge in [0.05, 0.1) is 22.9 Å². The summed E-state index contributed by atoms with van der Waals surface area (Å²) in [6.07, 6.45) is 4.07. The highest BCUT2D eigenvalue weighted by molar-refractivity contribution is 7.07. The Balaban J connectivity index is 1.62. The van der Waals surface area contributed by atoms with Crippen LogP contribution >= 0.6 is 11.3 Å². The summed E-state index contributed by atoms with van der Waals surface area (Å²) in [4.78, 5) is 37.1. The van der Waals surface area contributed by atoms with Crippen LogP contribution < -0.4 is 24.5 Å². The van der Waals surface area contributed by atoms with Gasteiger partial charge >= 0.3 is 0 Å². The third-order valence-electron chi connectivity index (χ3n) is 7.72. The third kappa shape index (κ3) is 5.07. The Morgan fingerprint density at radius 1 is 1.18 bits per heavy atom. The lowest BCUT2D eigenvalue weighted by Crippen LogP contribution is -2.43. The standard InChI is InChI=1S/C30H36N4O4S/c1-6-32(7-2)29(36)26-20(4)31-30-34(27(26)22-10-8-9-11-23(22)37-5)28(35)24(39-30)18-21-12-13-25(38-21)33-16-14-19(3)15-17-33/h8-13,18-19,27H,6-7,14-17H2,1-5H3/b24-18-/t27-/m0/s1. The molecule has 3 aromatic rings. The highest BCUT2D eigenvalue weighted by Crippen LogP contribution is 2.36. The fraction of sp³-hybridized carbons (Fsp3) is 0.433. The van der Waals surface area contributed by atoms with Crippen LogP contribution in [0.2, 0.25) is 0 Å². The Morgan fingerprint density at radius 2 is 1.90 bits per heavy atom. The lowest BCUT2D eigenvalue weighted by Gasteiger charge is -2.29. The molecular weight excluding hydrogens is 512 g/mol. The van der Waals surface area contributed by atoms with E-state index < -0.39 is 6.04 Å². The van der Waals surface area contributed by atoms with E-state index in [-0.39, 0.29) is 11.5 Å². The van der Waals surface area contributed by atoms with Crippen LogP contribution in [0.5, 0.6) is 5.75 Å². The minimum atomic E-state index is -0.657. The Morgan fingerprint density at radius 3 is 2.59 bits per heavy atom. The summed E-state index contributed by atoms with van der Waals surface area (Å²) in [7, 11) is 1.60. The number of furan rings is 1. The summed E-state index contributed by atoms with van der Waals surface area (Å²) < 4.78 is 14.0. The minimum absolute atomic E-state index is 0.127. The first-order chi connectivity index (χ1) is 18.9. The number of methoxy groups -OCH3 is 1. The molecule has 39 heavy (non-hydrogen) atoms. The molecule has 2 aliphatic rings. The first kappa shape index (κ1) is 27.0. The summed E-state index contributed by atoms with van der Waals surface area (Å²) in [6, 6.07) is 10.8. The number of ether oxygens (including phenoxy) is 1. The lowest BCUT2D eigenvalue weighted by molar-refractivity contribution is -0.127. The van der Waals surface area contributed by atoms with Gasteiger partial charge in [-0.1, -0.05) is 36.5 Å². The van der Waals surface area contributed by atoms with Crippen LogP contribution in [-0.4, -0.2) is 48.7 Å². The van der Waals surface area contributed by atoms with Crippen molar-refractivity contribution in [3.05, 3.63) is 78.7 Å². The SMILES string of the molecule is CCN(CC)C(=O)C1=C(C)N=c2s/c(=C\c3ccc(N4CCC(C)CC4)o3)c(=O)n2[C@H]1c1ccccc1OC. The molecule has 1 saturated heterocycles. The molecule has 1 fully saturated rings. The van der Waals surface area contributed by atoms with Crippen LogP contribution in [0.1, 0.15) is 57.9 Å². The number of aromatic nitrogens is 1. The van der Waals surface area contributed by atoms with Crippen molar-refractivity contribution < 1.29 is 13.9 Å². The van der Waals surface area contributed by atoms with Gasteiger partial charge in [-0.15, -0.1) is 0 Å². The molecule has 0 N–H and O–H groups in total. The van der Waals surface area contributed by atoms with Crippen LogP contribution in [-0.2, 0) is 4.79 Å². The molecule has 0 unspecified atom stereocenters. The molecule has 0 bridgehead atoms. The zero-order chi connectivity index (χ0) is 27.7. The van der Waals surface area contributed by atoms with Gasteiger partial charge in [-0.3, -0.25) is 14.2 Å². The summed E-state index contributed by atoms with van der Waals surface area (Å²) in [5.74, 6) is 2.67. The fourth-order valence-corrected chi connectivity index (χ4v) is 6.44. The molecule has 0 saturated carbocycles. The number of amides is 1. The maximum Gasteiger partial charge on any atom is 0.271 e. The Labute approximate surface area is 232 Å². The van der Waals surface area contributed by atoms with E-state index in [0.717, 1.165) is 43.3 Å². The van der Waals surface area contributed by atoms with Gasteiger partial charge in [-0.2, -0.15) is 0 Å². The van der Waals surface area contributed by atoms with E-state index in [2.05, 4.69) is 11.8 Å². The monoisotopic (exact) mass is 548 g/mol. The van der Waals surface area contributed by atoms with Gasteiger partial charge in [0.15, 0.2) is 10.7 Å². The number of thiazole rings is 1. The van der Waals surface area contributed by atoms with E-state index in [9.17, 15) is 9.59 Å². The quantitative estimate of drug-likeness (QED) is 0.447. The van der Waals surface area contributed by atoms with Crippen LogP contribution in [0.4, 0.5) is 5.88 Å². The largest absolute Gasteiger partial charge is 0.496 e. The average molecular weight is 549 g/mol. The second kappa shape index (κ2) is 11.3. The Kier molecular flexibility index (Phi) is 7.79. The number of piperidine rings is 1. The van der Waals surface area contributed by atoms with Crippen molar-refractivity contribution in [2.75, 3.05) is 38.2 Å². The predicted molar refractivity (Wildman–Crippen MR) is 154 cm³/mol. The van der Waals surface area contributed by atoms with Gasteiger partial charge < -0.3 is 19.0 Å². The molecular formula is C30H36N4O4S. The summed E-state index contributed by atoms with van der Waals surface area (Å²) in [5.41, 5.74) is 1.63. The number of carbonyl (C=O) groups excluding carboxylic acids is 1. The van der Waals surface area contributed by atoms with Gasteiger partial charge in [0.25, 0.3) is 11.5 Å². The number of benzene rings is 1. The molecule has 206 valence electrons. The molecule has 2 aromatic heterocycles. The van der Waals surface area contributed by atoms with Crippen LogP contribution in [0.25, 0.3) is 6.08 Å².